The summed E-state index contributed by atoms with van der Waals surface area (Å²) in [6.45, 7) is 4.99. The van der Waals surface area contributed by atoms with Gasteiger partial charge in [0, 0.05) is 6.61 Å². The molecule has 2 unspecified atom stereocenters. The van der Waals surface area contributed by atoms with Crippen LogP contribution in [0.4, 0.5) is 0 Å². The Balaban J connectivity index is 2.36. The standard InChI is InChI=1S/C13H24O3/c1-3-4-5-6-11-9-13(2,7-8-16-11)10-12(14)15/h11H,3-10H2,1-2H3,(H,14,15). The second-order valence-electron chi connectivity index (χ2n) is 5.32. The van der Waals surface area contributed by atoms with E-state index >= 15 is 0 Å². The van der Waals surface area contributed by atoms with Gasteiger partial charge < -0.3 is 9.84 Å². The lowest BCUT2D eigenvalue weighted by Gasteiger charge is -2.37. The Morgan fingerprint density at radius 3 is 2.88 bits per heavy atom. The van der Waals surface area contributed by atoms with Gasteiger partial charge in [-0.2, -0.15) is 0 Å². The minimum atomic E-state index is -0.684. The second kappa shape index (κ2) is 6.24. The number of ether oxygens (including phenoxy) is 1. The number of carboxylic acid groups (broad SMARTS) is 1. The highest BCUT2D eigenvalue weighted by atomic mass is 16.5. The smallest absolute Gasteiger partial charge is 0.303 e. The van der Waals surface area contributed by atoms with E-state index in [1.165, 1.54) is 19.3 Å². The summed E-state index contributed by atoms with van der Waals surface area (Å²) >= 11 is 0. The van der Waals surface area contributed by atoms with Crippen molar-refractivity contribution in [3.05, 3.63) is 0 Å². The molecule has 0 aromatic rings. The highest BCUT2D eigenvalue weighted by molar-refractivity contribution is 5.67. The number of carboxylic acids is 1. The molecule has 0 spiro atoms. The van der Waals surface area contributed by atoms with Crippen LogP contribution in [0.3, 0.4) is 0 Å². The molecular formula is C13H24O3. The van der Waals surface area contributed by atoms with Crippen molar-refractivity contribution in [2.45, 2.75) is 64.9 Å². The molecule has 0 aliphatic carbocycles. The van der Waals surface area contributed by atoms with Crippen molar-refractivity contribution in [3.8, 4) is 0 Å². The summed E-state index contributed by atoms with van der Waals surface area (Å²) < 4.78 is 5.71. The monoisotopic (exact) mass is 228 g/mol. The number of hydrogen-bond acceptors (Lipinski definition) is 2. The van der Waals surface area contributed by atoms with Gasteiger partial charge >= 0.3 is 5.97 Å². The van der Waals surface area contributed by atoms with Gasteiger partial charge in [0.05, 0.1) is 12.5 Å². The van der Waals surface area contributed by atoms with Crippen molar-refractivity contribution < 1.29 is 14.6 Å². The summed E-state index contributed by atoms with van der Waals surface area (Å²) in [4.78, 5) is 10.8. The zero-order chi connectivity index (χ0) is 12.0. The third kappa shape index (κ3) is 4.52. The predicted octanol–water partition coefficient (Wildman–Crippen LogP) is 3.23. The van der Waals surface area contributed by atoms with Gasteiger partial charge in [0.1, 0.15) is 0 Å². The fourth-order valence-electron chi connectivity index (χ4n) is 2.52. The number of unbranched alkanes of at least 4 members (excludes halogenated alkanes) is 2. The summed E-state index contributed by atoms with van der Waals surface area (Å²) in [5, 5.41) is 8.89. The predicted molar refractivity (Wildman–Crippen MR) is 63.5 cm³/mol. The Morgan fingerprint density at radius 2 is 2.25 bits per heavy atom. The summed E-state index contributed by atoms with van der Waals surface area (Å²) in [6.07, 6.45) is 7.10. The van der Waals surface area contributed by atoms with E-state index in [2.05, 4.69) is 13.8 Å². The lowest BCUT2D eigenvalue weighted by molar-refractivity contribution is -0.142. The van der Waals surface area contributed by atoms with E-state index in [9.17, 15) is 4.79 Å². The zero-order valence-corrected chi connectivity index (χ0v) is 10.5. The lowest BCUT2D eigenvalue weighted by atomic mass is 9.76. The summed E-state index contributed by atoms with van der Waals surface area (Å²) in [6, 6.07) is 0. The Hall–Kier alpha value is -0.570. The summed E-state index contributed by atoms with van der Waals surface area (Å²) in [5.74, 6) is -0.684. The Bertz CT molecular complexity index is 227. The van der Waals surface area contributed by atoms with Crippen LogP contribution in [0.1, 0.15) is 58.8 Å². The fourth-order valence-corrected chi connectivity index (χ4v) is 2.52. The first-order chi connectivity index (χ1) is 7.56. The molecule has 0 bridgehead atoms. The van der Waals surface area contributed by atoms with E-state index in [0.717, 1.165) is 25.9 Å². The van der Waals surface area contributed by atoms with Crippen molar-refractivity contribution in [2.75, 3.05) is 6.61 Å². The molecule has 0 amide bonds. The van der Waals surface area contributed by atoms with Gasteiger partial charge in [-0.15, -0.1) is 0 Å². The second-order valence-corrected chi connectivity index (χ2v) is 5.32. The molecule has 0 radical (unpaired) electrons. The molecular weight excluding hydrogens is 204 g/mol. The molecule has 2 atom stereocenters. The highest BCUT2D eigenvalue weighted by Crippen LogP contribution is 2.37. The minimum absolute atomic E-state index is 0.0546. The van der Waals surface area contributed by atoms with Crippen LogP contribution in [0.5, 0.6) is 0 Å². The topological polar surface area (TPSA) is 46.5 Å². The van der Waals surface area contributed by atoms with Crippen molar-refractivity contribution in [1.29, 1.82) is 0 Å². The van der Waals surface area contributed by atoms with E-state index in [4.69, 9.17) is 9.84 Å². The molecule has 1 aliphatic rings. The fraction of sp³-hybridized carbons (Fsp3) is 0.923. The molecule has 16 heavy (non-hydrogen) atoms. The maximum atomic E-state index is 10.8. The first kappa shape index (κ1) is 13.5. The molecule has 0 aromatic heterocycles. The van der Waals surface area contributed by atoms with Crippen molar-refractivity contribution in [3.63, 3.8) is 0 Å². The van der Waals surface area contributed by atoms with Crippen LogP contribution in [0.2, 0.25) is 0 Å². The van der Waals surface area contributed by atoms with Gasteiger partial charge in [0.2, 0.25) is 0 Å². The van der Waals surface area contributed by atoms with E-state index in [1.54, 1.807) is 0 Å². The van der Waals surface area contributed by atoms with E-state index in [0.29, 0.717) is 0 Å². The zero-order valence-electron chi connectivity index (χ0n) is 10.5. The molecule has 1 fully saturated rings. The molecule has 1 aliphatic heterocycles. The molecule has 1 N–H and O–H groups in total. The van der Waals surface area contributed by atoms with Crippen molar-refractivity contribution in [2.24, 2.45) is 5.41 Å². The SMILES string of the molecule is CCCCCC1CC(C)(CC(=O)O)CCO1. The van der Waals surface area contributed by atoms with Crippen LogP contribution in [0, 0.1) is 5.41 Å². The normalized spacial score (nSPS) is 30.2. The molecule has 1 rings (SSSR count). The maximum absolute atomic E-state index is 10.8. The molecule has 3 heteroatoms. The summed E-state index contributed by atoms with van der Waals surface area (Å²) in [5.41, 5.74) is -0.0546. The minimum Gasteiger partial charge on any atom is -0.481 e. The first-order valence-corrected chi connectivity index (χ1v) is 6.39. The lowest BCUT2D eigenvalue weighted by Crippen LogP contribution is -2.34. The van der Waals surface area contributed by atoms with Crippen LogP contribution in [0.25, 0.3) is 0 Å². The average molecular weight is 228 g/mol. The quantitative estimate of drug-likeness (QED) is 0.710. The van der Waals surface area contributed by atoms with Gasteiger partial charge in [-0.05, 0) is 24.7 Å². The number of aliphatic carboxylic acids is 1. The molecule has 3 nitrogen and oxygen atoms in total. The van der Waals surface area contributed by atoms with Crippen LogP contribution in [0.15, 0.2) is 0 Å². The molecule has 94 valence electrons. The molecule has 1 heterocycles. The maximum Gasteiger partial charge on any atom is 0.303 e. The van der Waals surface area contributed by atoms with Crippen LogP contribution >= 0.6 is 0 Å². The third-order valence-corrected chi connectivity index (χ3v) is 3.49. The van der Waals surface area contributed by atoms with Gasteiger partial charge in [-0.25, -0.2) is 0 Å². The molecule has 0 saturated carbocycles. The third-order valence-electron chi connectivity index (χ3n) is 3.49. The van der Waals surface area contributed by atoms with Crippen LogP contribution < -0.4 is 0 Å². The van der Waals surface area contributed by atoms with Crippen molar-refractivity contribution >= 4 is 5.97 Å². The van der Waals surface area contributed by atoms with Crippen LogP contribution in [-0.2, 0) is 9.53 Å². The number of rotatable bonds is 6. The average Bonchev–Trinajstić information content (AvgIpc) is 2.16. The molecule has 1 saturated heterocycles. The molecule has 0 aromatic carbocycles. The summed E-state index contributed by atoms with van der Waals surface area (Å²) in [7, 11) is 0. The Kier molecular flexibility index (Phi) is 5.26. The Morgan fingerprint density at radius 1 is 1.50 bits per heavy atom. The van der Waals surface area contributed by atoms with Gasteiger partial charge in [0.25, 0.3) is 0 Å². The number of hydrogen-bond donors (Lipinski definition) is 1. The Labute approximate surface area is 98.2 Å². The van der Waals surface area contributed by atoms with E-state index in [-0.39, 0.29) is 17.9 Å². The van der Waals surface area contributed by atoms with Gasteiger partial charge in [-0.3, -0.25) is 4.79 Å². The first-order valence-electron chi connectivity index (χ1n) is 6.39. The highest BCUT2D eigenvalue weighted by Gasteiger charge is 2.34. The number of carbonyl (C=O) groups is 1. The van der Waals surface area contributed by atoms with Crippen LogP contribution in [-0.4, -0.2) is 23.8 Å². The van der Waals surface area contributed by atoms with E-state index < -0.39 is 5.97 Å². The van der Waals surface area contributed by atoms with Gasteiger partial charge in [0.15, 0.2) is 0 Å². The van der Waals surface area contributed by atoms with E-state index in [1.807, 2.05) is 0 Å². The van der Waals surface area contributed by atoms with Crippen molar-refractivity contribution in [1.82, 2.24) is 0 Å². The largest absolute Gasteiger partial charge is 0.481 e. The van der Waals surface area contributed by atoms with Gasteiger partial charge in [-0.1, -0.05) is 33.1 Å².